The summed E-state index contributed by atoms with van der Waals surface area (Å²) in [5, 5.41) is 0. The van der Waals surface area contributed by atoms with Crippen molar-refractivity contribution < 1.29 is 4.74 Å². The van der Waals surface area contributed by atoms with Gasteiger partial charge in [-0.3, -0.25) is 0 Å². The van der Waals surface area contributed by atoms with Gasteiger partial charge in [0.2, 0.25) is 0 Å². The third kappa shape index (κ3) is 1.65. The first-order chi connectivity index (χ1) is 7.83. The zero-order chi connectivity index (χ0) is 11.0. The monoisotopic (exact) mass is 217 g/mol. The Hall–Kier alpha value is -1.55. The number of nitrogen functional groups attached to an aromatic ring is 1. The van der Waals surface area contributed by atoms with Crippen LogP contribution in [0, 0.1) is 0 Å². The molecule has 4 heteroatoms. The van der Waals surface area contributed by atoms with E-state index in [1.54, 1.807) is 0 Å². The van der Waals surface area contributed by atoms with E-state index in [0.717, 1.165) is 36.3 Å². The van der Waals surface area contributed by atoms with Gasteiger partial charge in [-0.05, 0) is 31.0 Å². The van der Waals surface area contributed by atoms with Crippen molar-refractivity contribution in [2.24, 2.45) is 0 Å². The number of anilines is 1. The van der Waals surface area contributed by atoms with E-state index >= 15 is 0 Å². The van der Waals surface area contributed by atoms with E-state index in [2.05, 4.69) is 9.55 Å². The van der Waals surface area contributed by atoms with Crippen molar-refractivity contribution in [1.82, 2.24) is 9.55 Å². The molecule has 0 spiro atoms. The topological polar surface area (TPSA) is 53.1 Å². The van der Waals surface area contributed by atoms with Gasteiger partial charge in [-0.15, -0.1) is 0 Å². The van der Waals surface area contributed by atoms with Gasteiger partial charge in [0.05, 0.1) is 30.0 Å². The van der Waals surface area contributed by atoms with Crippen LogP contribution in [-0.2, 0) is 11.3 Å². The van der Waals surface area contributed by atoms with Gasteiger partial charge in [0.1, 0.15) is 0 Å². The van der Waals surface area contributed by atoms with Crippen LogP contribution in [0.3, 0.4) is 0 Å². The fourth-order valence-electron chi connectivity index (χ4n) is 2.23. The summed E-state index contributed by atoms with van der Waals surface area (Å²) in [5.41, 5.74) is 8.57. The normalized spacial score (nSPS) is 20.6. The van der Waals surface area contributed by atoms with Crippen molar-refractivity contribution in [1.29, 1.82) is 0 Å². The summed E-state index contributed by atoms with van der Waals surface area (Å²) >= 11 is 0. The van der Waals surface area contributed by atoms with Crippen LogP contribution in [0.25, 0.3) is 11.0 Å². The third-order valence-electron chi connectivity index (χ3n) is 3.07. The van der Waals surface area contributed by atoms with Gasteiger partial charge >= 0.3 is 0 Å². The molecule has 3 rings (SSSR count). The van der Waals surface area contributed by atoms with Crippen molar-refractivity contribution in [3.63, 3.8) is 0 Å². The zero-order valence-corrected chi connectivity index (χ0v) is 9.10. The minimum Gasteiger partial charge on any atom is -0.399 e. The highest BCUT2D eigenvalue weighted by atomic mass is 16.5. The number of hydrogen-bond donors (Lipinski definition) is 1. The molecule has 2 heterocycles. The lowest BCUT2D eigenvalue weighted by Gasteiger charge is -2.10. The van der Waals surface area contributed by atoms with Crippen molar-refractivity contribution in [2.45, 2.75) is 25.5 Å². The molecule has 1 atom stereocenters. The molecule has 2 aromatic rings. The second kappa shape index (κ2) is 3.79. The van der Waals surface area contributed by atoms with Gasteiger partial charge in [0, 0.05) is 12.3 Å². The summed E-state index contributed by atoms with van der Waals surface area (Å²) in [7, 11) is 0. The summed E-state index contributed by atoms with van der Waals surface area (Å²) in [4.78, 5) is 4.35. The molecule has 0 saturated carbocycles. The van der Waals surface area contributed by atoms with Crippen LogP contribution in [0.1, 0.15) is 12.8 Å². The predicted molar refractivity (Wildman–Crippen MR) is 63.1 cm³/mol. The molecule has 1 fully saturated rings. The molecule has 16 heavy (non-hydrogen) atoms. The first kappa shape index (κ1) is 9.66. The van der Waals surface area contributed by atoms with Crippen LogP contribution in [-0.4, -0.2) is 22.3 Å². The molecule has 0 aliphatic carbocycles. The van der Waals surface area contributed by atoms with Crippen molar-refractivity contribution >= 4 is 16.7 Å². The average molecular weight is 217 g/mol. The Bertz CT molecular complexity index is 500. The second-order valence-electron chi connectivity index (χ2n) is 4.28. The van der Waals surface area contributed by atoms with E-state index in [1.807, 2.05) is 24.5 Å². The number of hydrogen-bond acceptors (Lipinski definition) is 3. The molecule has 0 amide bonds. The molecule has 1 saturated heterocycles. The second-order valence-corrected chi connectivity index (χ2v) is 4.28. The SMILES string of the molecule is Nc1ccc2c(c1)ncn2CC1CCCO1. The third-order valence-corrected chi connectivity index (χ3v) is 3.07. The van der Waals surface area contributed by atoms with E-state index < -0.39 is 0 Å². The fourth-order valence-corrected chi connectivity index (χ4v) is 2.23. The van der Waals surface area contributed by atoms with E-state index in [0.29, 0.717) is 6.10 Å². The van der Waals surface area contributed by atoms with Gasteiger partial charge in [-0.1, -0.05) is 0 Å². The van der Waals surface area contributed by atoms with Crippen LogP contribution in [0.15, 0.2) is 24.5 Å². The summed E-state index contributed by atoms with van der Waals surface area (Å²) in [6, 6.07) is 5.84. The van der Waals surface area contributed by atoms with E-state index in [-0.39, 0.29) is 0 Å². The molecule has 1 unspecified atom stereocenters. The van der Waals surface area contributed by atoms with Gasteiger partial charge in [0.15, 0.2) is 0 Å². The highest BCUT2D eigenvalue weighted by molar-refractivity contribution is 5.78. The molecule has 84 valence electrons. The number of imidazole rings is 1. The van der Waals surface area contributed by atoms with Crippen LogP contribution in [0.4, 0.5) is 5.69 Å². The Morgan fingerprint density at radius 3 is 3.25 bits per heavy atom. The molecule has 1 aromatic heterocycles. The number of nitrogens with zero attached hydrogens (tertiary/aromatic N) is 2. The Labute approximate surface area is 94.0 Å². The van der Waals surface area contributed by atoms with Gasteiger partial charge < -0.3 is 15.0 Å². The van der Waals surface area contributed by atoms with E-state index in [4.69, 9.17) is 10.5 Å². The first-order valence-corrected chi connectivity index (χ1v) is 5.65. The Morgan fingerprint density at radius 2 is 2.44 bits per heavy atom. The molecular weight excluding hydrogens is 202 g/mol. The van der Waals surface area contributed by atoms with Crippen LogP contribution in [0.2, 0.25) is 0 Å². The van der Waals surface area contributed by atoms with Gasteiger partial charge in [-0.25, -0.2) is 4.98 Å². The highest BCUT2D eigenvalue weighted by Crippen LogP contribution is 2.19. The Morgan fingerprint density at radius 1 is 1.50 bits per heavy atom. The molecule has 0 radical (unpaired) electrons. The lowest BCUT2D eigenvalue weighted by atomic mass is 10.2. The average Bonchev–Trinajstić information content (AvgIpc) is 2.89. The van der Waals surface area contributed by atoms with E-state index in [1.165, 1.54) is 6.42 Å². The van der Waals surface area contributed by atoms with Crippen molar-refractivity contribution in [2.75, 3.05) is 12.3 Å². The van der Waals surface area contributed by atoms with Crippen molar-refractivity contribution in [3.05, 3.63) is 24.5 Å². The summed E-state index contributed by atoms with van der Waals surface area (Å²) in [6.07, 6.45) is 4.53. The number of nitrogens with two attached hydrogens (primary N) is 1. The number of fused-ring (bicyclic) bond motifs is 1. The molecule has 1 aromatic carbocycles. The van der Waals surface area contributed by atoms with Gasteiger partial charge in [0.25, 0.3) is 0 Å². The summed E-state index contributed by atoms with van der Waals surface area (Å²) in [5.74, 6) is 0. The largest absolute Gasteiger partial charge is 0.399 e. The number of ether oxygens (including phenoxy) is 1. The van der Waals surface area contributed by atoms with Crippen molar-refractivity contribution in [3.8, 4) is 0 Å². The fraction of sp³-hybridized carbons (Fsp3) is 0.417. The van der Waals surface area contributed by atoms with E-state index in [9.17, 15) is 0 Å². The molecular formula is C12H15N3O. The lowest BCUT2D eigenvalue weighted by molar-refractivity contribution is 0.0979. The maximum Gasteiger partial charge on any atom is 0.0959 e. The maximum absolute atomic E-state index is 5.72. The number of rotatable bonds is 2. The number of aromatic nitrogens is 2. The predicted octanol–water partition coefficient (Wildman–Crippen LogP) is 1.80. The summed E-state index contributed by atoms with van der Waals surface area (Å²) in [6.45, 7) is 1.78. The highest BCUT2D eigenvalue weighted by Gasteiger charge is 2.16. The first-order valence-electron chi connectivity index (χ1n) is 5.65. The molecule has 2 N–H and O–H groups in total. The lowest BCUT2D eigenvalue weighted by Crippen LogP contribution is -2.14. The standard InChI is InChI=1S/C12H15N3O/c13-9-3-4-12-11(6-9)14-8-15(12)7-10-2-1-5-16-10/h3-4,6,8,10H,1-2,5,7,13H2. The summed E-state index contributed by atoms with van der Waals surface area (Å²) < 4.78 is 7.77. The Balaban J connectivity index is 1.91. The number of benzene rings is 1. The van der Waals surface area contributed by atoms with Crippen LogP contribution >= 0.6 is 0 Å². The van der Waals surface area contributed by atoms with Crippen LogP contribution < -0.4 is 5.73 Å². The smallest absolute Gasteiger partial charge is 0.0959 e. The zero-order valence-electron chi connectivity index (χ0n) is 9.10. The molecule has 0 bridgehead atoms. The maximum atomic E-state index is 5.72. The van der Waals surface area contributed by atoms with Gasteiger partial charge in [-0.2, -0.15) is 0 Å². The van der Waals surface area contributed by atoms with Crippen LogP contribution in [0.5, 0.6) is 0 Å². The molecule has 1 aliphatic rings. The molecule has 1 aliphatic heterocycles. The Kier molecular flexibility index (Phi) is 2.29. The quantitative estimate of drug-likeness (QED) is 0.780. The minimum absolute atomic E-state index is 0.343. The molecule has 4 nitrogen and oxygen atoms in total. The minimum atomic E-state index is 0.343.